The normalized spacial score (nSPS) is 33.9. The zero-order valence-corrected chi connectivity index (χ0v) is 11.7. The zero-order chi connectivity index (χ0) is 12.5. The molecule has 1 fully saturated rings. The molecule has 1 aliphatic carbocycles. The third-order valence-corrected chi connectivity index (χ3v) is 4.41. The van der Waals surface area contributed by atoms with Gasteiger partial charge in [0.15, 0.2) is 6.29 Å². The molecule has 0 saturated carbocycles. The van der Waals surface area contributed by atoms with Crippen molar-refractivity contribution in [3.8, 4) is 0 Å². The molecule has 98 valence electrons. The molecule has 0 spiro atoms. The van der Waals surface area contributed by atoms with Gasteiger partial charge in [0.2, 0.25) is 0 Å². The van der Waals surface area contributed by atoms with E-state index in [1.165, 1.54) is 18.4 Å². The molecule has 1 aliphatic heterocycles. The Kier molecular flexibility index (Phi) is 3.94. The minimum atomic E-state index is 0.0516. The second-order valence-corrected chi connectivity index (χ2v) is 6.25. The molecule has 1 heterocycles. The van der Waals surface area contributed by atoms with Gasteiger partial charge in [-0.05, 0) is 51.4 Å². The van der Waals surface area contributed by atoms with Gasteiger partial charge in [-0.2, -0.15) is 0 Å². The van der Waals surface area contributed by atoms with Crippen molar-refractivity contribution in [2.45, 2.75) is 72.2 Å². The lowest BCUT2D eigenvalue weighted by Gasteiger charge is -2.39. The molecule has 2 rings (SSSR count). The quantitative estimate of drug-likeness (QED) is 0.676. The fourth-order valence-corrected chi connectivity index (χ4v) is 3.00. The molecule has 0 aromatic carbocycles. The third kappa shape index (κ3) is 3.11. The van der Waals surface area contributed by atoms with E-state index >= 15 is 0 Å². The van der Waals surface area contributed by atoms with E-state index in [2.05, 4.69) is 27.7 Å². The molecule has 2 nitrogen and oxygen atoms in total. The van der Waals surface area contributed by atoms with Crippen LogP contribution >= 0.6 is 0 Å². The Hall–Kier alpha value is -0.340. The van der Waals surface area contributed by atoms with Crippen LogP contribution in [0.3, 0.4) is 0 Å². The average molecular weight is 238 g/mol. The summed E-state index contributed by atoms with van der Waals surface area (Å²) in [5, 5.41) is 0. The molecular formula is C15H26O2. The van der Waals surface area contributed by atoms with Crippen LogP contribution in [0.4, 0.5) is 0 Å². The number of ether oxygens (including phenoxy) is 2. The fourth-order valence-electron chi connectivity index (χ4n) is 3.00. The number of allylic oxidation sites excluding steroid dienone is 1. The van der Waals surface area contributed by atoms with Crippen LogP contribution in [0.1, 0.15) is 59.8 Å². The standard InChI is InChI=1S/C15H26O2/c1-11-9-13(10-15(3,4)12(11)2)17-14-7-5-6-8-16-14/h13-14H,5-10H2,1-4H3/t13-,14?/m0/s1. The van der Waals surface area contributed by atoms with Gasteiger partial charge in [0.25, 0.3) is 0 Å². The molecule has 2 aliphatic rings. The molecule has 1 saturated heterocycles. The van der Waals surface area contributed by atoms with Crippen LogP contribution in [-0.4, -0.2) is 19.0 Å². The second kappa shape index (κ2) is 5.11. The molecule has 2 atom stereocenters. The van der Waals surface area contributed by atoms with Crippen LogP contribution in [0.15, 0.2) is 11.1 Å². The lowest BCUT2D eigenvalue weighted by atomic mass is 9.72. The fraction of sp³-hybridized carbons (Fsp3) is 0.867. The highest BCUT2D eigenvalue weighted by molar-refractivity contribution is 5.21. The first-order chi connectivity index (χ1) is 7.99. The van der Waals surface area contributed by atoms with Gasteiger partial charge in [-0.3, -0.25) is 0 Å². The van der Waals surface area contributed by atoms with Gasteiger partial charge in [-0.15, -0.1) is 0 Å². The van der Waals surface area contributed by atoms with Crippen molar-refractivity contribution in [3.63, 3.8) is 0 Å². The summed E-state index contributed by atoms with van der Waals surface area (Å²) in [5.41, 5.74) is 3.32. The molecule has 0 N–H and O–H groups in total. The maximum Gasteiger partial charge on any atom is 0.157 e. The largest absolute Gasteiger partial charge is 0.353 e. The van der Waals surface area contributed by atoms with Crippen molar-refractivity contribution in [3.05, 3.63) is 11.1 Å². The topological polar surface area (TPSA) is 18.5 Å². The van der Waals surface area contributed by atoms with Gasteiger partial charge in [0, 0.05) is 6.61 Å². The van der Waals surface area contributed by atoms with E-state index in [0.29, 0.717) is 6.10 Å². The first kappa shape index (κ1) is 13.1. The van der Waals surface area contributed by atoms with E-state index in [1.54, 1.807) is 5.57 Å². The summed E-state index contributed by atoms with van der Waals surface area (Å²) >= 11 is 0. The molecule has 17 heavy (non-hydrogen) atoms. The second-order valence-electron chi connectivity index (χ2n) is 6.25. The maximum absolute atomic E-state index is 6.13. The molecule has 2 heteroatoms. The van der Waals surface area contributed by atoms with E-state index in [9.17, 15) is 0 Å². The summed E-state index contributed by atoms with van der Waals surface area (Å²) in [4.78, 5) is 0. The van der Waals surface area contributed by atoms with E-state index in [0.717, 1.165) is 25.9 Å². The predicted molar refractivity (Wildman–Crippen MR) is 69.9 cm³/mol. The van der Waals surface area contributed by atoms with Crippen molar-refractivity contribution in [2.24, 2.45) is 5.41 Å². The van der Waals surface area contributed by atoms with E-state index in [1.807, 2.05) is 0 Å². The van der Waals surface area contributed by atoms with Gasteiger partial charge in [0.05, 0.1) is 6.10 Å². The van der Waals surface area contributed by atoms with Crippen LogP contribution < -0.4 is 0 Å². The van der Waals surface area contributed by atoms with Crippen LogP contribution in [0.25, 0.3) is 0 Å². The Labute approximate surface area is 105 Å². The van der Waals surface area contributed by atoms with Crippen molar-refractivity contribution in [1.82, 2.24) is 0 Å². The molecule has 0 amide bonds. The van der Waals surface area contributed by atoms with Gasteiger partial charge < -0.3 is 9.47 Å². The van der Waals surface area contributed by atoms with E-state index < -0.39 is 0 Å². The molecule has 0 bridgehead atoms. The highest BCUT2D eigenvalue weighted by atomic mass is 16.7. The lowest BCUT2D eigenvalue weighted by molar-refractivity contribution is -0.193. The molecule has 0 radical (unpaired) electrons. The lowest BCUT2D eigenvalue weighted by Crippen LogP contribution is -2.34. The Morgan fingerprint density at radius 3 is 2.59 bits per heavy atom. The summed E-state index contributed by atoms with van der Waals surface area (Å²) < 4.78 is 11.8. The Morgan fingerprint density at radius 2 is 2.00 bits per heavy atom. The van der Waals surface area contributed by atoms with Crippen LogP contribution in [0.5, 0.6) is 0 Å². The van der Waals surface area contributed by atoms with Crippen molar-refractivity contribution < 1.29 is 9.47 Å². The highest BCUT2D eigenvalue weighted by Gasteiger charge is 2.33. The average Bonchev–Trinajstić information content (AvgIpc) is 2.27. The van der Waals surface area contributed by atoms with E-state index in [-0.39, 0.29) is 11.7 Å². The maximum atomic E-state index is 6.13. The summed E-state index contributed by atoms with van der Waals surface area (Å²) in [6, 6.07) is 0. The van der Waals surface area contributed by atoms with Crippen molar-refractivity contribution in [1.29, 1.82) is 0 Å². The molecule has 0 aromatic heterocycles. The smallest absolute Gasteiger partial charge is 0.157 e. The summed E-state index contributed by atoms with van der Waals surface area (Å²) in [6.07, 6.45) is 6.10. The highest BCUT2D eigenvalue weighted by Crippen LogP contribution is 2.41. The van der Waals surface area contributed by atoms with Crippen LogP contribution in [0.2, 0.25) is 0 Å². The Balaban J connectivity index is 1.95. The first-order valence-corrected chi connectivity index (χ1v) is 6.93. The SMILES string of the molecule is CC1=C(C)C(C)(C)C[C@@H](OC2CCCCO2)C1. The molecular weight excluding hydrogens is 212 g/mol. The summed E-state index contributed by atoms with van der Waals surface area (Å²) in [6.45, 7) is 10.0. The minimum Gasteiger partial charge on any atom is -0.353 e. The number of rotatable bonds is 2. The van der Waals surface area contributed by atoms with Gasteiger partial charge >= 0.3 is 0 Å². The monoisotopic (exact) mass is 238 g/mol. The van der Waals surface area contributed by atoms with Gasteiger partial charge in [-0.25, -0.2) is 0 Å². The Morgan fingerprint density at radius 1 is 1.24 bits per heavy atom. The van der Waals surface area contributed by atoms with Gasteiger partial charge in [0.1, 0.15) is 0 Å². The Bertz CT molecular complexity index is 298. The number of hydrogen-bond donors (Lipinski definition) is 0. The minimum absolute atomic E-state index is 0.0516. The summed E-state index contributed by atoms with van der Waals surface area (Å²) in [5.74, 6) is 0. The third-order valence-electron chi connectivity index (χ3n) is 4.41. The predicted octanol–water partition coefficient (Wildman–Crippen LogP) is 4.05. The first-order valence-electron chi connectivity index (χ1n) is 6.93. The van der Waals surface area contributed by atoms with Crippen LogP contribution in [-0.2, 0) is 9.47 Å². The molecule has 0 aromatic rings. The van der Waals surface area contributed by atoms with Crippen LogP contribution in [0, 0.1) is 5.41 Å². The number of hydrogen-bond acceptors (Lipinski definition) is 2. The zero-order valence-electron chi connectivity index (χ0n) is 11.7. The molecule has 1 unspecified atom stereocenters. The summed E-state index contributed by atoms with van der Waals surface area (Å²) in [7, 11) is 0. The van der Waals surface area contributed by atoms with E-state index in [4.69, 9.17) is 9.47 Å². The van der Waals surface area contributed by atoms with Gasteiger partial charge in [-0.1, -0.05) is 25.0 Å². The van der Waals surface area contributed by atoms with Crippen molar-refractivity contribution in [2.75, 3.05) is 6.61 Å². The van der Waals surface area contributed by atoms with Crippen molar-refractivity contribution >= 4 is 0 Å².